The Morgan fingerprint density at radius 2 is 2.00 bits per heavy atom. The second-order valence-electron chi connectivity index (χ2n) is 4.26. The monoisotopic (exact) mass is 289 g/mol. The van der Waals surface area contributed by atoms with E-state index in [1.165, 1.54) is 12.1 Å². The van der Waals surface area contributed by atoms with Gasteiger partial charge in [0.2, 0.25) is 0 Å². The van der Waals surface area contributed by atoms with Crippen molar-refractivity contribution in [1.82, 2.24) is 5.32 Å². The average Bonchev–Trinajstić information content (AvgIpc) is 2.25. The first-order valence-electron chi connectivity index (χ1n) is 5.51. The summed E-state index contributed by atoms with van der Waals surface area (Å²) in [6, 6.07) is 2.66. The molecule has 0 aromatic heterocycles. The van der Waals surface area contributed by atoms with Crippen molar-refractivity contribution in [3.63, 3.8) is 0 Å². The minimum atomic E-state index is -0.447. The van der Waals surface area contributed by atoms with Crippen LogP contribution in [0.5, 0.6) is 0 Å². The summed E-state index contributed by atoms with van der Waals surface area (Å²) in [5.74, 6) is -0.547. The van der Waals surface area contributed by atoms with E-state index in [1.807, 2.05) is 0 Å². The van der Waals surface area contributed by atoms with E-state index in [9.17, 15) is 8.78 Å². The summed E-state index contributed by atoms with van der Waals surface area (Å²) in [7, 11) is 0. The lowest BCUT2D eigenvalue weighted by Crippen LogP contribution is -2.31. The smallest absolute Gasteiger partial charge is 0.130 e. The summed E-state index contributed by atoms with van der Waals surface area (Å²) >= 11 is 3.08. The van der Waals surface area contributed by atoms with Gasteiger partial charge in [0.25, 0.3) is 0 Å². The Morgan fingerprint density at radius 3 is 2.56 bits per heavy atom. The Hall–Kier alpha value is -0.480. The van der Waals surface area contributed by atoms with Crippen molar-refractivity contribution in [1.29, 1.82) is 0 Å². The number of hydrogen-bond acceptors (Lipinski definition) is 1. The topological polar surface area (TPSA) is 12.0 Å². The van der Waals surface area contributed by atoms with Crippen molar-refractivity contribution in [3.05, 3.63) is 33.8 Å². The Kier molecular flexibility index (Phi) is 3.92. The Balaban J connectivity index is 2.14. The van der Waals surface area contributed by atoms with E-state index < -0.39 is 11.6 Å². The molecule has 1 unspecified atom stereocenters. The fourth-order valence-electron chi connectivity index (χ4n) is 2.15. The molecule has 1 atom stereocenters. The quantitative estimate of drug-likeness (QED) is 0.881. The number of benzene rings is 1. The highest BCUT2D eigenvalue weighted by Gasteiger charge is 2.18. The standard InChI is InChI=1S/C12H14BrF2N/c13-9-5-11(14)10(12(15)6-9)4-8-2-1-3-16-7-8/h5-6,8,16H,1-4,7H2. The third-order valence-electron chi connectivity index (χ3n) is 3.00. The van der Waals surface area contributed by atoms with Gasteiger partial charge in [0, 0.05) is 10.0 Å². The molecule has 0 amide bonds. The van der Waals surface area contributed by atoms with Crippen LogP contribution in [0.4, 0.5) is 8.78 Å². The van der Waals surface area contributed by atoms with E-state index in [-0.39, 0.29) is 5.56 Å². The van der Waals surface area contributed by atoms with Gasteiger partial charge in [-0.1, -0.05) is 15.9 Å². The van der Waals surface area contributed by atoms with E-state index in [1.54, 1.807) is 0 Å². The van der Waals surface area contributed by atoms with E-state index in [0.717, 1.165) is 25.9 Å². The lowest BCUT2D eigenvalue weighted by atomic mass is 9.92. The SMILES string of the molecule is Fc1cc(Br)cc(F)c1CC1CCCNC1. The van der Waals surface area contributed by atoms with Crippen molar-refractivity contribution in [2.75, 3.05) is 13.1 Å². The third kappa shape index (κ3) is 2.80. The van der Waals surface area contributed by atoms with Gasteiger partial charge in [-0.25, -0.2) is 8.78 Å². The molecule has 0 aliphatic carbocycles. The average molecular weight is 290 g/mol. The molecule has 1 nitrogen and oxygen atoms in total. The first kappa shape index (κ1) is 12.0. The van der Waals surface area contributed by atoms with Crippen LogP contribution in [-0.2, 0) is 6.42 Å². The molecule has 1 saturated heterocycles. The maximum absolute atomic E-state index is 13.6. The first-order valence-corrected chi connectivity index (χ1v) is 6.30. The van der Waals surface area contributed by atoms with Gasteiger partial charge in [-0.05, 0) is 50.4 Å². The van der Waals surface area contributed by atoms with Crippen LogP contribution in [0.25, 0.3) is 0 Å². The Bertz CT molecular complexity index is 352. The molecule has 0 bridgehead atoms. The second-order valence-corrected chi connectivity index (χ2v) is 5.18. The van der Waals surface area contributed by atoms with Crippen molar-refractivity contribution >= 4 is 15.9 Å². The van der Waals surface area contributed by atoms with E-state index in [4.69, 9.17) is 0 Å². The van der Waals surface area contributed by atoms with E-state index in [0.29, 0.717) is 16.8 Å². The fourth-order valence-corrected chi connectivity index (χ4v) is 2.56. The Morgan fingerprint density at radius 1 is 1.31 bits per heavy atom. The summed E-state index contributed by atoms with van der Waals surface area (Å²) in [6.45, 7) is 1.87. The normalized spacial score (nSPS) is 21.1. The lowest BCUT2D eigenvalue weighted by Gasteiger charge is -2.23. The predicted octanol–water partition coefficient (Wildman–Crippen LogP) is 3.27. The molecule has 1 aromatic rings. The van der Waals surface area contributed by atoms with Crippen molar-refractivity contribution in [3.8, 4) is 0 Å². The summed E-state index contributed by atoms with van der Waals surface area (Å²) in [5, 5.41) is 3.25. The van der Waals surface area contributed by atoms with Crippen LogP contribution in [0, 0.1) is 17.6 Å². The molecule has 0 saturated carbocycles. The van der Waals surface area contributed by atoms with Gasteiger partial charge in [0.05, 0.1) is 0 Å². The maximum Gasteiger partial charge on any atom is 0.130 e. The molecule has 1 aromatic carbocycles. The molecule has 16 heavy (non-hydrogen) atoms. The molecule has 4 heteroatoms. The summed E-state index contributed by atoms with van der Waals surface area (Å²) in [4.78, 5) is 0. The molecular weight excluding hydrogens is 276 g/mol. The van der Waals surface area contributed by atoms with E-state index in [2.05, 4.69) is 21.2 Å². The van der Waals surface area contributed by atoms with Crippen LogP contribution >= 0.6 is 15.9 Å². The molecule has 1 fully saturated rings. The number of rotatable bonds is 2. The van der Waals surface area contributed by atoms with Gasteiger partial charge < -0.3 is 5.32 Å². The third-order valence-corrected chi connectivity index (χ3v) is 3.46. The van der Waals surface area contributed by atoms with Crippen molar-refractivity contribution in [2.24, 2.45) is 5.92 Å². The summed E-state index contributed by atoms with van der Waals surface area (Å²) in [5.41, 5.74) is 0.219. The lowest BCUT2D eigenvalue weighted by molar-refractivity contribution is 0.366. The largest absolute Gasteiger partial charge is 0.316 e. The van der Waals surface area contributed by atoms with Crippen molar-refractivity contribution < 1.29 is 8.78 Å². The van der Waals surface area contributed by atoms with Gasteiger partial charge in [0.15, 0.2) is 0 Å². The zero-order chi connectivity index (χ0) is 11.5. The highest BCUT2D eigenvalue weighted by molar-refractivity contribution is 9.10. The fraction of sp³-hybridized carbons (Fsp3) is 0.500. The van der Waals surface area contributed by atoms with Crippen LogP contribution in [0.15, 0.2) is 16.6 Å². The van der Waals surface area contributed by atoms with Crippen LogP contribution < -0.4 is 5.32 Å². The highest BCUT2D eigenvalue weighted by Crippen LogP contribution is 2.24. The van der Waals surface area contributed by atoms with Crippen LogP contribution in [0.2, 0.25) is 0 Å². The highest BCUT2D eigenvalue weighted by atomic mass is 79.9. The minimum Gasteiger partial charge on any atom is -0.316 e. The number of hydrogen-bond donors (Lipinski definition) is 1. The van der Waals surface area contributed by atoms with Gasteiger partial charge in [-0.2, -0.15) is 0 Å². The number of halogens is 3. The molecule has 88 valence electrons. The van der Waals surface area contributed by atoms with Gasteiger partial charge >= 0.3 is 0 Å². The molecule has 1 aliphatic heterocycles. The van der Waals surface area contributed by atoms with Crippen LogP contribution in [0.3, 0.4) is 0 Å². The van der Waals surface area contributed by atoms with Gasteiger partial charge in [-0.15, -0.1) is 0 Å². The van der Waals surface area contributed by atoms with E-state index >= 15 is 0 Å². The molecule has 1 aliphatic rings. The zero-order valence-electron chi connectivity index (χ0n) is 8.90. The van der Waals surface area contributed by atoms with Crippen molar-refractivity contribution in [2.45, 2.75) is 19.3 Å². The molecule has 1 N–H and O–H groups in total. The number of piperidine rings is 1. The molecule has 1 heterocycles. The minimum absolute atomic E-state index is 0.219. The van der Waals surface area contributed by atoms with Crippen LogP contribution in [-0.4, -0.2) is 13.1 Å². The first-order chi connectivity index (χ1) is 7.66. The zero-order valence-corrected chi connectivity index (χ0v) is 10.5. The summed E-state index contributed by atoms with van der Waals surface area (Å²) in [6.07, 6.45) is 2.62. The molecule has 0 radical (unpaired) electrons. The molecule has 0 spiro atoms. The number of nitrogens with one attached hydrogen (secondary N) is 1. The molecular formula is C12H14BrF2N. The van der Waals surface area contributed by atoms with Crippen LogP contribution in [0.1, 0.15) is 18.4 Å². The summed E-state index contributed by atoms with van der Waals surface area (Å²) < 4.78 is 27.6. The maximum atomic E-state index is 13.6. The van der Waals surface area contributed by atoms with Gasteiger partial charge in [0.1, 0.15) is 11.6 Å². The molecule has 2 rings (SSSR count). The second kappa shape index (κ2) is 5.23. The Labute approximate surface area is 102 Å². The predicted molar refractivity (Wildman–Crippen MR) is 63.4 cm³/mol. The van der Waals surface area contributed by atoms with Gasteiger partial charge in [-0.3, -0.25) is 0 Å².